The van der Waals surface area contributed by atoms with Gasteiger partial charge >= 0.3 is 0 Å². The fourth-order valence-electron chi connectivity index (χ4n) is 2.89. The molecule has 28 heavy (non-hydrogen) atoms. The monoisotopic (exact) mass is 375 g/mol. The van der Waals surface area contributed by atoms with Crippen molar-refractivity contribution in [1.82, 2.24) is 14.7 Å². The summed E-state index contributed by atoms with van der Waals surface area (Å²) >= 11 is 0. The predicted octanol–water partition coefficient (Wildman–Crippen LogP) is 3.40. The summed E-state index contributed by atoms with van der Waals surface area (Å²) in [7, 11) is 0. The number of para-hydroxylation sites is 2. The minimum absolute atomic E-state index is 0.200. The van der Waals surface area contributed by atoms with Gasteiger partial charge in [0.2, 0.25) is 0 Å². The van der Waals surface area contributed by atoms with Crippen LogP contribution in [0.2, 0.25) is 0 Å². The second-order valence-corrected chi connectivity index (χ2v) is 6.04. The number of hydrogen-bond acceptors (Lipinski definition) is 6. The zero-order valence-electron chi connectivity index (χ0n) is 15.0. The summed E-state index contributed by atoms with van der Waals surface area (Å²) in [6, 6.07) is 15.8. The lowest BCUT2D eigenvalue weighted by Crippen LogP contribution is -2.23. The second kappa shape index (κ2) is 7.36. The van der Waals surface area contributed by atoms with Crippen molar-refractivity contribution in [2.75, 3.05) is 10.6 Å². The van der Waals surface area contributed by atoms with Crippen LogP contribution < -0.4 is 16.2 Å². The second-order valence-electron chi connectivity index (χ2n) is 6.04. The normalized spacial score (nSPS) is 10.8. The van der Waals surface area contributed by atoms with Gasteiger partial charge in [-0.05, 0) is 43.3 Å². The summed E-state index contributed by atoms with van der Waals surface area (Å²) in [6.07, 6.45) is 1.38. The van der Waals surface area contributed by atoms with Crippen molar-refractivity contribution in [3.8, 4) is 0 Å². The van der Waals surface area contributed by atoms with E-state index >= 15 is 0 Å². The Morgan fingerprint density at radius 1 is 1.11 bits per heavy atom. The van der Waals surface area contributed by atoms with Crippen LogP contribution in [-0.4, -0.2) is 20.6 Å². The van der Waals surface area contributed by atoms with E-state index in [9.17, 15) is 9.59 Å². The molecule has 2 N–H and O–H groups in total. The van der Waals surface area contributed by atoms with E-state index in [1.54, 1.807) is 34.9 Å². The molecule has 0 saturated carbocycles. The summed E-state index contributed by atoms with van der Waals surface area (Å²) in [5, 5.41) is 9.31. The number of fused-ring (bicyclic) bond motifs is 1. The quantitative estimate of drug-likeness (QED) is 0.554. The van der Waals surface area contributed by atoms with Gasteiger partial charge in [-0.1, -0.05) is 17.3 Å². The van der Waals surface area contributed by atoms with E-state index in [4.69, 9.17) is 0 Å². The number of amides is 1. The highest BCUT2D eigenvalue weighted by Crippen LogP contribution is 2.17. The third-order valence-electron chi connectivity index (χ3n) is 4.26. The number of aryl methyl sites for hydroxylation is 1. The van der Waals surface area contributed by atoms with Crippen molar-refractivity contribution in [2.24, 2.45) is 0 Å². The van der Waals surface area contributed by atoms with Crippen LogP contribution >= 0.6 is 0 Å². The molecule has 0 saturated heterocycles. The Hall–Kier alpha value is -3.94. The molecule has 2 aromatic carbocycles. The molecular weight excluding hydrogens is 358 g/mol. The highest BCUT2D eigenvalue weighted by Gasteiger charge is 2.11. The molecule has 0 atom stereocenters. The van der Waals surface area contributed by atoms with Gasteiger partial charge in [-0.3, -0.25) is 9.59 Å². The minimum Gasteiger partial charge on any atom is -0.363 e. The highest BCUT2D eigenvalue weighted by atomic mass is 16.5. The number of carbonyl (C=O) groups excluding carboxylic acids is 1. The number of rotatable bonds is 5. The summed E-state index contributed by atoms with van der Waals surface area (Å²) in [5.41, 5.74) is 2.43. The number of anilines is 3. The van der Waals surface area contributed by atoms with Crippen molar-refractivity contribution in [2.45, 2.75) is 13.5 Å². The molecule has 0 aliphatic heterocycles. The number of aromatic nitrogens is 3. The van der Waals surface area contributed by atoms with Crippen LogP contribution in [0.3, 0.4) is 0 Å². The van der Waals surface area contributed by atoms with Gasteiger partial charge in [0, 0.05) is 23.9 Å². The van der Waals surface area contributed by atoms with Crippen molar-refractivity contribution in [3.05, 3.63) is 76.8 Å². The van der Waals surface area contributed by atoms with E-state index in [-0.39, 0.29) is 17.3 Å². The molecule has 4 rings (SSSR count). The molecule has 8 heteroatoms. The first-order chi connectivity index (χ1) is 13.7. The number of benzene rings is 2. The predicted molar refractivity (Wildman–Crippen MR) is 106 cm³/mol. The Balaban J connectivity index is 1.59. The van der Waals surface area contributed by atoms with E-state index < -0.39 is 0 Å². The zero-order valence-corrected chi connectivity index (χ0v) is 15.0. The van der Waals surface area contributed by atoms with Crippen LogP contribution in [0.1, 0.15) is 17.3 Å². The van der Waals surface area contributed by atoms with Crippen molar-refractivity contribution in [1.29, 1.82) is 0 Å². The van der Waals surface area contributed by atoms with Crippen molar-refractivity contribution < 1.29 is 9.32 Å². The smallest absolute Gasteiger partial charge is 0.294 e. The molecule has 2 heterocycles. The molecule has 8 nitrogen and oxygen atoms in total. The lowest BCUT2D eigenvalue weighted by atomic mass is 10.2. The average Bonchev–Trinajstić information content (AvgIpc) is 3.22. The standard InChI is InChI=1S/C20H17N5O3/c1-2-25-16-6-4-3-5-15(16)22-18(20(25)27)21-14-9-7-13(8-10-14)19(26)23-17-11-12-28-24-17/h3-12H,2H2,1H3,(H,21,22)(H,23,24,26). The average molecular weight is 375 g/mol. The first kappa shape index (κ1) is 17.5. The third-order valence-corrected chi connectivity index (χ3v) is 4.26. The number of nitrogens with zero attached hydrogens (tertiary/aromatic N) is 3. The van der Waals surface area contributed by atoms with Gasteiger partial charge in [0.25, 0.3) is 11.5 Å². The summed E-state index contributed by atoms with van der Waals surface area (Å²) in [4.78, 5) is 29.4. The van der Waals surface area contributed by atoms with Crippen LogP contribution in [0.15, 0.2) is 70.2 Å². The van der Waals surface area contributed by atoms with Crippen LogP contribution in [0.4, 0.5) is 17.3 Å². The molecule has 0 fully saturated rings. The van der Waals surface area contributed by atoms with Crippen LogP contribution in [-0.2, 0) is 6.54 Å². The van der Waals surface area contributed by atoms with Gasteiger partial charge in [-0.2, -0.15) is 0 Å². The van der Waals surface area contributed by atoms with E-state index in [0.29, 0.717) is 23.6 Å². The lowest BCUT2D eigenvalue weighted by Gasteiger charge is -2.12. The first-order valence-corrected chi connectivity index (χ1v) is 8.74. The van der Waals surface area contributed by atoms with E-state index in [0.717, 1.165) is 11.0 Å². The number of nitrogens with one attached hydrogen (secondary N) is 2. The first-order valence-electron chi connectivity index (χ1n) is 8.74. The third kappa shape index (κ3) is 3.35. The van der Waals surface area contributed by atoms with Crippen LogP contribution in [0.5, 0.6) is 0 Å². The van der Waals surface area contributed by atoms with Crippen LogP contribution in [0, 0.1) is 0 Å². The molecule has 4 aromatic rings. The molecule has 0 aliphatic carbocycles. The Morgan fingerprint density at radius 3 is 2.61 bits per heavy atom. The largest absolute Gasteiger partial charge is 0.363 e. The number of hydrogen-bond donors (Lipinski definition) is 2. The Labute approximate surface area is 159 Å². The van der Waals surface area contributed by atoms with Crippen molar-refractivity contribution in [3.63, 3.8) is 0 Å². The van der Waals surface area contributed by atoms with E-state index in [1.807, 2.05) is 31.2 Å². The molecular formula is C20H17N5O3. The molecule has 0 bridgehead atoms. The van der Waals surface area contributed by atoms with Gasteiger partial charge in [0.15, 0.2) is 11.6 Å². The van der Waals surface area contributed by atoms with Crippen LogP contribution in [0.25, 0.3) is 11.0 Å². The molecule has 1 amide bonds. The number of carbonyl (C=O) groups is 1. The SMILES string of the molecule is CCn1c(=O)c(Nc2ccc(C(=O)Nc3ccon3)cc2)nc2ccccc21. The summed E-state index contributed by atoms with van der Waals surface area (Å²) < 4.78 is 6.36. The molecule has 0 aliphatic rings. The summed E-state index contributed by atoms with van der Waals surface area (Å²) in [6.45, 7) is 2.46. The highest BCUT2D eigenvalue weighted by molar-refractivity contribution is 6.03. The fourth-order valence-corrected chi connectivity index (χ4v) is 2.89. The maximum absolute atomic E-state index is 12.7. The van der Waals surface area contributed by atoms with Crippen molar-refractivity contribution >= 4 is 34.3 Å². The van der Waals surface area contributed by atoms with Gasteiger partial charge in [-0.15, -0.1) is 0 Å². The van der Waals surface area contributed by atoms with E-state index in [1.165, 1.54) is 6.26 Å². The maximum Gasteiger partial charge on any atom is 0.294 e. The molecule has 0 radical (unpaired) electrons. The Kier molecular flexibility index (Phi) is 4.59. The summed E-state index contributed by atoms with van der Waals surface area (Å²) in [5.74, 6) is 0.269. The zero-order chi connectivity index (χ0) is 19.5. The minimum atomic E-state index is -0.308. The van der Waals surface area contributed by atoms with Gasteiger partial charge in [-0.25, -0.2) is 4.98 Å². The van der Waals surface area contributed by atoms with Gasteiger partial charge in [0.1, 0.15) is 6.26 Å². The lowest BCUT2D eigenvalue weighted by molar-refractivity contribution is 0.102. The van der Waals surface area contributed by atoms with Gasteiger partial charge in [0.05, 0.1) is 11.0 Å². The Bertz CT molecular complexity index is 1180. The fraction of sp³-hybridized carbons (Fsp3) is 0.100. The maximum atomic E-state index is 12.7. The topological polar surface area (TPSA) is 102 Å². The molecule has 140 valence electrons. The molecule has 0 spiro atoms. The molecule has 0 unspecified atom stereocenters. The Morgan fingerprint density at radius 2 is 1.89 bits per heavy atom. The van der Waals surface area contributed by atoms with E-state index in [2.05, 4.69) is 25.3 Å². The molecule has 2 aromatic heterocycles. The van der Waals surface area contributed by atoms with Gasteiger partial charge < -0.3 is 19.7 Å².